The van der Waals surface area contributed by atoms with Crippen molar-refractivity contribution in [1.82, 2.24) is 9.29 Å². The van der Waals surface area contributed by atoms with E-state index in [4.69, 9.17) is 5.26 Å². The number of fused-ring (bicyclic) bond motifs is 3. The maximum atomic E-state index is 13.0. The first-order valence-corrected chi connectivity index (χ1v) is 12.2. The smallest absolute Gasteiger partial charge is 0.240 e. The van der Waals surface area contributed by atoms with Gasteiger partial charge in [-0.3, -0.25) is 0 Å². The monoisotopic (exact) mass is 445 g/mol. The molecule has 7 heteroatoms. The van der Waals surface area contributed by atoms with Crippen molar-refractivity contribution in [3.63, 3.8) is 0 Å². The van der Waals surface area contributed by atoms with Crippen molar-refractivity contribution >= 4 is 31.8 Å². The molecule has 4 aromatic rings. The third-order valence-electron chi connectivity index (χ3n) is 6.37. The third-order valence-corrected chi connectivity index (χ3v) is 7.88. The molecular weight excluding hydrogens is 422 g/mol. The fraction of sp³-hybridized carbons (Fsp3) is 0.240. The molecule has 0 spiro atoms. The van der Waals surface area contributed by atoms with Gasteiger partial charge in [-0.05, 0) is 55.7 Å². The number of aromatic nitrogens is 1. The van der Waals surface area contributed by atoms with Crippen molar-refractivity contribution < 1.29 is 13.5 Å². The summed E-state index contributed by atoms with van der Waals surface area (Å²) < 4.78 is 30.8. The topological polar surface area (TPSA) is 95.1 Å². The molecule has 3 atom stereocenters. The molecule has 1 heterocycles. The van der Waals surface area contributed by atoms with E-state index in [0.717, 1.165) is 34.6 Å². The Balaban J connectivity index is 1.50. The van der Waals surface area contributed by atoms with Crippen LogP contribution in [0.1, 0.15) is 30.9 Å². The summed E-state index contributed by atoms with van der Waals surface area (Å²) in [6.07, 6.45) is 1.24. The number of aliphatic hydroxyl groups excluding tert-OH is 1. The lowest BCUT2D eigenvalue weighted by Gasteiger charge is -2.36. The lowest BCUT2D eigenvalue weighted by atomic mass is 9.88. The number of hydrogen-bond acceptors (Lipinski definition) is 4. The summed E-state index contributed by atoms with van der Waals surface area (Å²) in [7, 11) is -3.82. The summed E-state index contributed by atoms with van der Waals surface area (Å²) in [5.41, 5.74) is 2.47. The van der Waals surface area contributed by atoms with Crippen LogP contribution in [0.15, 0.2) is 77.7 Å². The van der Waals surface area contributed by atoms with Crippen LogP contribution in [0, 0.1) is 11.3 Å². The minimum absolute atomic E-state index is 0.0858. The van der Waals surface area contributed by atoms with Gasteiger partial charge in [0.15, 0.2) is 0 Å². The van der Waals surface area contributed by atoms with Gasteiger partial charge in [-0.1, -0.05) is 36.4 Å². The van der Waals surface area contributed by atoms with Crippen LogP contribution in [0.5, 0.6) is 0 Å². The van der Waals surface area contributed by atoms with E-state index in [1.807, 2.05) is 42.5 Å². The largest absolute Gasteiger partial charge is 0.389 e. The van der Waals surface area contributed by atoms with Crippen LogP contribution in [-0.2, 0) is 10.0 Å². The normalized spacial score (nSPS) is 21.6. The van der Waals surface area contributed by atoms with Crippen LogP contribution in [0.25, 0.3) is 21.8 Å². The van der Waals surface area contributed by atoms with Crippen LogP contribution in [0.3, 0.4) is 0 Å². The van der Waals surface area contributed by atoms with Gasteiger partial charge < -0.3 is 9.67 Å². The summed E-state index contributed by atoms with van der Waals surface area (Å²) >= 11 is 0. The molecule has 1 saturated carbocycles. The molecule has 1 fully saturated rings. The van der Waals surface area contributed by atoms with Crippen molar-refractivity contribution in [3.05, 3.63) is 78.4 Å². The molecule has 0 radical (unpaired) electrons. The van der Waals surface area contributed by atoms with Gasteiger partial charge >= 0.3 is 0 Å². The molecule has 3 aromatic carbocycles. The standard InChI is InChI=1S/C25H23N3O3S/c26-16-17-12-14-18(15-13-17)32(30,31)27-21-8-5-11-24(25(21)29)28-22-9-3-1-6-19(22)20-7-2-4-10-23(20)28/h1-4,6-7,9-10,12-15,21,24-25,27,29H,5,8,11H2/t21-,24+,25+/m0/s1. The summed E-state index contributed by atoms with van der Waals surface area (Å²) in [4.78, 5) is 0.0858. The van der Waals surface area contributed by atoms with Crippen LogP contribution in [-0.4, -0.2) is 30.2 Å². The Morgan fingerprint density at radius 3 is 2.09 bits per heavy atom. The zero-order chi connectivity index (χ0) is 22.3. The first-order chi connectivity index (χ1) is 15.5. The number of hydrogen-bond donors (Lipinski definition) is 2. The minimum atomic E-state index is -3.82. The van der Waals surface area contributed by atoms with Gasteiger partial charge in [0, 0.05) is 21.8 Å². The molecule has 0 amide bonds. The molecule has 2 N–H and O–H groups in total. The van der Waals surface area contributed by atoms with Gasteiger partial charge in [0.2, 0.25) is 10.0 Å². The Morgan fingerprint density at radius 2 is 1.50 bits per heavy atom. The van der Waals surface area contributed by atoms with E-state index in [-0.39, 0.29) is 10.9 Å². The summed E-state index contributed by atoms with van der Waals surface area (Å²) in [6.45, 7) is 0. The highest BCUT2D eigenvalue weighted by Crippen LogP contribution is 2.38. The summed E-state index contributed by atoms with van der Waals surface area (Å²) in [5.74, 6) is 0. The fourth-order valence-corrected chi connectivity index (χ4v) is 6.14. The Hall–Kier alpha value is -3.18. The molecule has 0 saturated heterocycles. The van der Waals surface area contributed by atoms with Crippen LogP contribution < -0.4 is 4.72 Å². The minimum Gasteiger partial charge on any atom is -0.389 e. The number of nitrogens with zero attached hydrogens (tertiary/aromatic N) is 2. The number of benzene rings is 3. The fourth-order valence-electron chi connectivity index (χ4n) is 4.85. The van der Waals surface area contributed by atoms with E-state index in [1.54, 1.807) is 0 Å². The van der Waals surface area contributed by atoms with Gasteiger partial charge in [-0.15, -0.1) is 0 Å². The van der Waals surface area contributed by atoms with Gasteiger partial charge in [0.25, 0.3) is 0 Å². The van der Waals surface area contributed by atoms with Gasteiger partial charge in [-0.25, -0.2) is 13.1 Å². The highest BCUT2D eigenvalue weighted by atomic mass is 32.2. The molecule has 5 rings (SSSR count). The number of nitrogens with one attached hydrogen (secondary N) is 1. The number of nitriles is 1. The predicted octanol–water partition coefficient (Wildman–Crippen LogP) is 4.10. The predicted molar refractivity (Wildman–Crippen MR) is 124 cm³/mol. The number of aliphatic hydroxyl groups is 1. The Labute approximate surface area is 186 Å². The lowest BCUT2D eigenvalue weighted by molar-refractivity contribution is 0.0547. The Kier molecular flexibility index (Phi) is 5.22. The van der Waals surface area contributed by atoms with E-state index < -0.39 is 22.2 Å². The van der Waals surface area contributed by atoms with E-state index in [2.05, 4.69) is 21.4 Å². The molecule has 0 aliphatic heterocycles. The van der Waals surface area contributed by atoms with Gasteiger partial charge in [0.1, 0.15) is 0 Å². The average Bonchev–Trinajstić information content (AvgIpc) is 3.15. The van der Waals surface area contributed by atoms with Crippen molar-refractivity contribution in [3.8, 4) is 6.07 Å². The summed E-state index contributed by atoms with van der Waals surface area (Å²) in [5, 5.41) is 22.5. The lowest BCUT2D eigenvalue weighted by Crippen LogP contribution is -2.49. The van der Waals surface area contributed by atoms with E-state index in [1.165, 1.54) is 24.3 Å². The van der Waals surface area contributed by atoms with Crippen molar-refractivity contribution in [2.45, 2.75) is 42.3 Å². The van der Waals surface area contributed by atoms with E-state index >= 15 is 0 Å². The second-order valence-corrected chi connectivity index (χ2v) is 9.97. The van der Waals surface area contributed by atoms with Crippen molar-refractivity contribution in [1.29, 1.82) is 5.26 Å². The van der Waals surface area contributed by atoms with Crippen LogP contribution >= 0.6 is 0 Å². The maximum absolute atomic E-state index is 13.0. The molecule has 1 aromatic heterocycles. The molecule has 0 unspecified atom stereocenters. The van der Waals surface area contributed by atoms with Crippen LogP contribution in [0.4, 0.5) is 0 Å². The highest BCUT2D eigenvalue weighted by Gasteiger charge is 2.36. The zero-order valence-electron chi connectivity index (χ0n) is 17.3. The third kappa shape index (κ3) is 3.47. The second-order valence-electron chi connectivity index (χ2n) is 8.26. The number of rotatable bonds is 4. The Morgan fingerprint density at radius 1 is 0.906 bits per heavy atom. The van der Waals surface area contributed by atoms with Gasteiger partial charge in [-0.2, -0.15) is 5.26 Å². The van der Waals surface area contributed by atoms with Crippen molar-refractivity contribution in [2.24, 2.45) is 0 Å². The summed E-state index contributed by atoms with van der Waals surface area (Å²) in [6, 6.07) is 23.2. The average molecular weight is 446 g/mol. The van der Waals surface area contributed by atoms with Crippen LogP contribution in [0.2, 0.25) is 0 Å². The van der Waals surface area contributed by atoms with Crippen molar-refractivity contribution in [2.75, 3.05) is 0 Å². The second kappa shape index (κ2) is 8.06. The first-order valence-electron chi connectivity index (χ1n) is 10.7. The maximum Gasteiger partial charge on any atom is 0.240 e. The number of para-hydroxylation sites is 2. The quantitative estimate of drug-likeness (QED) is 0.494. The molecule has 1 aliphatic rings. The SMILES string of the molecule is N#Cc1ccc(S(=O)(=O)N[C@H]2CCC[C@@H](n3c4ccccc4c4ccccc43)[C@@H]2O)cc1. The molecule has 6 nitrogen and oxygen atoms in total. The van der Waals surface area contributed by atoms with E-state index in [9.17, 15) is 13.5 Å². The Bertz CT molecular complexity index is 1380. The first kappa shape index (κ1) is 20.7. The van der Waals surface area contributed by atoms with Gasteiger partial charge in [0.05, 0.1) is 34.7 Å². The molecule has 32 heavy (non-hydrogen) atoms. The highest BCUT2D eigenvalue weighted by molar-refractivity contribution is 7.89. The number of sulfonamides is 1. The molecular formula is C25H23N3O3S. The van der Waals surface area contributed by atoms with E-state index in [0.29, 0.717) is 12.0 Å². The zero-order valence-corrected chi connectivity index (χ0v) is 18.2. The molecule has 0 bridgehead atoms. The molecule has 162 valence electrons. The molecule has 1 aliphatic carbocycles.